The lowest BCUT2D eigenvalue weighted by Crippen LogP contribution is -2.33. The summed E-state index contributed by atoms with van der Waals surface area (Å²) >= 11 is 0. The highest BCUT2D eigenvalue weighted by Gasteiger charge is 2.34. The Hall–Kier alpha value is -3.83. The van der Waals surface area contributed by atoms with Crippen LogP contribution in [0, 0.1) is 17.5 Å². The molecular weight excluding hydrogens is 466 g/mol. The van der Waals surface area contributed by atoms with Gasteiger partial charge in [-0.2, -0.15) is 18.3 Å². The van der Waals surface area contributed by atoms with E-state index in [1.807, 2.05) is 5.32 Å². The van der Waals surface area contributed by atoms with Crippen LogP contribution in [0.25, 0.3) is 5.69 Å². The Morgan fingerprint density at radius 3 is 2.47 bits per heavy atom. The molecule has 1 aliphatic carbocycles. The van der Waals surface area contributed by atoms with E-state index in [-0.39, 0.29) is 17.2 Å². The minimum absolute atomic E-state index is 0.0757. The molecule has 0 atom stereocenters. The number of amides is 2. The van der Waals surface area contributed by atoms with Gasteiger partial charge in [0.25, 0.3) is 5.91 Å². The van der Waals surface area contributed by atoms with Gasteiger partial charge in [-0.1, -0.05) is 6.07 Å². The van der Waals surface area contributed by atoms with E-state index in [0.29, 0.717) is 24.6 Å². The molecule has 34 heavy (non-hydrogen) atoms. The fourth-order valence-electron chi connectivity index (χ4n) is 3.37. The van der Waals surface area contributed by atoms with Crippen molar-refractivity contribution in [2.24, 2.45) is 0 Å². The molecule has 4 rings (SSSR count). The summed E-state index contributed by atoms with van der Waals surface area (Å²) in [6.45, 7) is -0.629. The summed E-state index contributed by atoms with van der Waals surface area (Å²) in [5.41, 5.74) is -0.860. The van der Waals surface area contributed by atoms with Gasteiger partial charge in [0, 0.05) is 5.92 Å². The van der Waals surface area contributed by atoms with Crippen molar-refractivity contribution < 1.29 is 35.9 Å². The Labute approximate surface area is 188 Å². The second-order valence-electron chi connectivity index (χ2n) is 7.63. The van der Waals surface area contributed by atoms with Crippen LogP contribution in [0.4, 0.5) is 32.0 Å². The predicted molar refractivity (Wildman–Crippen MR) is 108 cm³/mol. The molecule has 0 spiro atoms. The van der Waals surface area contributed by atoms with Gasteiger partial charge in [0.2, 0.25) is 5.91 Å². The topological polar surface area (TPSA) is 76.0 Å². The van der Waals surface area contributed by atoms with Crippen molar-refractivity contribution in [3.05, 3.63) is 76.9 Å². The van der Waals surface area contributed by atoms with Gasteiger partial charge < -0.3 is 10.6 Å². The van der Waals surface area contributed by atoms with Crippen molar-refractivity contribution in [1.29, 1.82) is 0 Å². The number of carbonyl (C=O) groups is 2. The molecular formula is C22H16F6N4O2. The Bertz CT molecular complexity index is 1270. The molecule has 6 nitrogen and oxygen atoms in total. The van der Waals surface area contributed by atoms with Crippen molar-refractivity contribution in [1.82, 2.24) is 15.1 Å². The fourth-order valence-corrected chi connectivity index (χ4v) is 3.37. The smallest absolute Gasteiger partial charge is 0.343 e. The molecule has 2 amide bonds. The largest absolute Gasteiger partial charge is 0.416 e. The van der Waals surface area contributed by atoms with E-state index in [1.54, 1.807) is 0 Å². The van der Waals surface area contributed by atoms with Gasteiger partial charge in [-0.3, -0.25) is 9.59 Å². The zero-order valence-corrected chi connectivity index (χ0v) is 17.2. The number of benzene rings is 2. The predicted octanol–water partition coefficient (Wildman–Crippen LogP) is 4.55. The third-order valence-corrected chi connectivity index (χ3v) is 5.15. The van der Waals surface area contributed by atoms with Gasteiger partial charge in [0.15, 0.2) is 17.5 Å². The van der Waals surface area contributed by atoms with Crippen molar-refractivity contribution in [2.75, 3.05) is 11.9 Å². The van der Waals surface area contributed by atoms with E-state index in [9.17, 15) is 35.9 Å². The maximum Gasteiger partial charge on any atom is 0.416 e. The Balaban J connectivity index is 1.50. The minimum atomic E-state index is -4.55. The molecule has 1 fully saturated rings. The lowest BCUT2D eigenvalue weighted by atomic mass is 10.1. The highest BCUT2D eigenvalue weighted by Crippen LogP contribution is 2.42. The van der Waals surface area contributed by atoms with Crippen LogP contribution < -0.4 is 10.6 Å². The molecule has 3 aromatic rings. The fraction of sp³-hybridized carbons (Fsp3) is 0.227. The molecule has 1 aromatic heterocycles. The number of carbonyl (C=O) groups excluding carboxylic acids is 2. The number of hydrogen-bond acceptors (Lipinski definition) is 3. The van der Waals surface area contributed by atoms with Gasteiger partial charge in [0.05, 0.1) is 40.9 Å². The minimum Gasteiger partial charge on any atom is -0.343 e. The number of halogens is 6. The van der Waals surface area contributed by atoms with Crippen LogP contribution in [0.1, 0.15) is 40.4 Å². The monoisotopic (exact) mass is 482 g/mol. The molecule has 1 aliphatic rings. The van der Waals surface area contributed by atoms with Crippen LogP contribution in [0.3, 0.4) is 0 Å². The summed E-state index contributed by atoms with van der Waals surface area (Å²) < 4.78 is 80.5. The molecule has 0 saturated heterocycles. The van der Waals surface area contributed by atoms with E-state index in [2.05, 4.69) is 10.4 Å². The number of alkyl halides is 3. The van der Waals surface area contributed by atoms with Gasteiger partial charge in [-0.15, -0.1) is 0 Å². The lowest BCUT2D eigenvalue weighted by Gasteiger charge is -2.12. The zero-order chi connectivity index (χ0) is 24.6. The number of nitrogens with one attached hydrogen (secondary N) is 2. The lowest BCUT2D eigenvalue weighted by molar-refractivity contribution is -0.137. The molecule has 0 bridgehead atoms. The summed E-state index contributed by atoms with van der Waals surface area (Å²) in [5.74, 6) is -6.48. The Kier molecular flexibility index (Phi) is 6.07. The third-order valence-electron chi connectivity index (χ3n) is 5.15. The molecule has 2 N–H and O–H groups in total. The Morgan fingerprint density at radius 1 is 1.06 bits per heavy atom. The van der Waals surface area contributed by atoms with Crippen molar-refractivity contribution in [2.45, 2.75) is 24.9 Å². The second-order valence-corrected chi connectivity index (χ2v) is 7.63. The first-order valence-corrected chi connectivity index (χ1v) is 10.0. The summed E-state index contributed by atoms with van der Waals surface area (Å²) in [5, 5.41) is 8.41. The summed E-state index contributed by atoms with van der Waals surface area (Å²) in [7, 11) is 0. The number of hydrogen-bond donors (Lipinski definition) is 2. The normalized spacial score (nSPS) is 13.6. The average molecular weight is 482 g/mol. The SMILES string of the molecule is O=C(CNC(=O)c1cnn(-c2cccc(C(F)(F)F)c2)c1C1CC1)Nc1ccc(F)c(F)c1F. The van der Waals surface area contributed by atoms with E-state index in [4.69, 9.17) is 0 Å². The third kappa shape index (κ3) is 4.75. The van der Waals surface area contributed by atoms with Crippen LogP contribution in [0.5, 0.6) is 0 Å². The quantitative estimate of drug-likeness (QED) is 0.400. The maximum atomic E-state index is 13.7. The summed E-state index contributed by atoms with van der Waals surface area (Å²) in [6.07, 6.45) is -1.94. The average Bonchev–Trinajstić information content (AvgIpc) is 3.55. The van der Waals surface area contributed by atoms with Crippen LogP contribution >= 0.6 is 0 Å². The Morgan fingerprint density at radius 2 is 1.79 bits per heavy atom. The van der Waals surface area contributed by atoms with Crippen molar-refractivity contribution in [3.8, 4) is 5.69 Å². The first kappa shape index (κ1) is 23.3. The molecule has 2 aromatic carbocycles. The number of nitrogens with zero attached hydrogens (tertiary/aromatic N) is 2. The summed E-state index contributed by atoms with van der Waals surface area (Å²) in [6, 6.07) is 5.97. The number of anilines is 1. The molecule has 0 unspecified atom stereocenters. The first-order chi connectivity index (χ1) is 16.1. The zero-order valence-electron chi connectivity index (χ0n) is 17.2. The second kappa shape index (κ2) is 8.84. The highest BCUT2D eigenvalue weighted by molar-refractivity contribution is 6.00. The molecule has 0 aliphatic heterocycles. The maximum absolute atomic E-state index is 13.7. The van der Waals surface area contributed by atoms with Gasteiger partial charge in [0.1, 0.15) is 0 Å². The molecule has 0 radical (unpaired) electrons. The van der Waals surface area contributed by atoms with Gasteiger partial charge in [-0.25, -0.2) is 17.9 Å². The van der Waals surface area contributed by atoms with Crippen molar-refractivity contribution in [3.63, 3.8) is 0 Å². The van der Waals surface area contributed by atoms with Crippen molar-refractivity contribution >= 4 is 17.5 Å². The van der Waals surface area contributed by atoms with E-state index < -0.39 is 53.2 Å². The standard InChI is InChI=1S/C22H16F6N4O2/c23-15-6-7-16(19(25)18(15)24)31-17(33)10-29-21(34)14-9-30-32(20(14)11-4-5-11)13-3-1-2-12(8-13)22(26,27)28/h1-3,6-9,11H,4-5,10H2,(H,29,34)(H,31,33). The van der Waals surface area contributed by atoms with Crippen LogP contribution in [0.2, 0.25) is 0 Å². The van der Waals surface area contributed by atoms with Crippen LogP contribution in [0.15, 0.2) is 42.6 Å². The van der Waals surface area contributed by atoms with Crippen LogP contribution in [-0.4, -0.2) is 28.1 Å². The van der Waals surface area contributed by atoms with Gasteiger partial charge >= 0.3 is 6.18 Å². The first-order valence-electron chi connectivity index (χ1n) is 10.0. The highest BCUT2D eigenvalue weighted by atomic mass is 19.4. The molecule has 1 saturated carbocycles. The molecule has 1 heterocycles. The van der Waals surface area contributed by atoms with Crippen LogP contribution in [-0.2, 0) is 11.0 Å². The molecule has 12 heteroatoms. The summed E-state index contributed by atoms with van der Waals surface area (Å²) in [4.78, 5) is 24.7. The van der Waals surface area contributed by atoms with Gasteiger partial charge in [-0.05, 0) is 43.2 Å². The van der Waals surface area contributed by atoms with E-state index >= 15 is 0 Å². The number of rotatable bonds is 6. The van der Waals surface area contributed by atoms with E-state index in [0.717, 1.165) is 18.2 Å². The molecule has 178 valence electrons. The number of aromatic nitrogens is 2. The van der Waals surface area contributed by atoms with E-state index in [1.165, 1.54) is 23.0 Å².